The number of methoxy groups -OCH3 is 1. The van der Waals surface area contributed by atoms with Gasteiger partial charge in [0.1, 0.15) is 5.82 Å². The van der Waals surface area contributed by atoms with Crippen LogP contribution in [0.15, 0.2) is 18.3 Å². The van der Waals surface area contributed by atoms with Crippen molar-refractivity contribution in [3.63, 3.8) is 0 Å². The first-order valence-electron chi connectivity index (χ1n) is 8.25. The lowest BCUT2D eigenvalue weighted by Gasteiger charge is -2.28. The summed E-state index contributed by atoms with van der Waals surface area (Å²) in [6.07, 6.45) is 4.81. The predicted octanol–water partition coefficient (Wildman–Crippen LogP) is 2.41. The Morgan fingerprint density at radius 3 is 2.88 bits per heavy atom. The maximum Gasteiger partial charge on any atom is 0.200 e. The number of ether oxygens (including phenoxy) is 1. The van der Waals surface area contributed by atoms with Gasteiger partial charge in [0.15, 0.2) is 11.5 Å². The molecular formula is C18H23N3O3. The highest BCUT2D eigenvalue weighted by Gasteiger charge is 2.19. The van der Waals surface area contributed by atoms with E-state index in [0.29, 0.717) is 6.54 Å². The van der Waals surface area contributed by atoms with Crippen LogP contribution >= 0.6 is 0 Å². The van der Waals surface area contributed by atoms with Crippen molar-refractivity contribution >= 4 is 0 Å². The zero-order valence-electron chi connectivity index (χ0n) is 14.1. The third kappa shape index (κ3) is 3.43. The van der Waals surface area contributed by atoms with Gasteiger partial charge in [-0.15, -0.1) is 0 Å². The molecule has 0 spiro atoms. The Kier molecular flexibility index (Phi) is 4.85. The molecule has 0 fully saturated rings. The first-order chi connectivity index (χ1) is 11.6. The molecule has 2 N–H and O–H groups in total. The summed E-state index contributed by atoms with van der Waals surface area (Å²) >= 11 is 0. The summed E-state index contributed by atoms with van der Waals surface area (Å²) in [7, 11) is 1.47. The van der Waals surface area contributed by atoms with E-state index >= 15 is 0 Å². The van der Waals surface area contributed by atoms with Gasteiger partial charge in [0.25, 0.3) is 0 Å². The number of phenolic OH excluding ortho intramolecular Hbond substituents is 2. The molecule has 2 aromatic rings. The number of aryl methyl sites for hydroxylation is 1. The van der Waals surface area contributed by atoms with E-state index in [1.807, 2.05) is 6.20 Å². The second-order valence-corrected chi connectivity index (χ2v) is 6.13. The molecule has 24 heavy (non-hydrogen) atoms. The van der Waals surface area contributed by atoms with Crippen molar-refractivity contribution < 1.29 is 14.9 Å². The van der Waals surface area contributed by atoms with Crippen molar-refractivity contribution in [3.8, 4) is 17.2 Å². The summed E-state index contributed by atoms with van der Waals surface area (Å²) in [6, 6.07) is 3.33. The fraction of sp³-hybridized carbons (Fsp3) is 0.444. The summed E-state index contributed by atoms with van der Waals surface area (Å²) in [5, 5.41) is 19.5. The highest BCUT2D eigenvalue weighted by atomic mass is 16.5. The van der Waals surface area contributed by atoms with Gasteiger partial charge in [0, 0.05) is 49.9 Å². The van der Waals surface area contributed by atoms with Crippen molar-refractivity contribution in [1.29, 1.82) is 0 Å². The number of nitrogens with zero attached hydrogens (tertiary/aromatic N) is 3. The minimum Gasteiger partial charge on any atom is -0.504 e. The molecular weight excluding hydrogens is 306 g/mol. The van der Waals surface area contributed by atoms with Gasteiger partial charge in [-0.1, -0.05) is 6.92 Å². The SMILES string of the molecule is CCCc1ncc2c(n1)CCN(Cc1cc(O)c(O)c(OC)c1)C2. The van der Waals surface area contributed by atoms with Gasteiger partial charge in [0.05, 0.1) is 7.11 Å². The summed E-state index contributed by atoms with van der Waals surface area (Å²) in [4.78, 5) is 11.4. The lowest BCUT2D eigenvalue weighted by atomic mass is 10.1. The Hall–Kier alpha value is -2.34. The molecule has 0 bridgehead atoms. The minimum absolute atomic E-state index is 0.158. The molecule has 2 heterocycles. The maximum absolute atomic E-state index is 9.81. The fourth-order valence-electron chi connectivity index (χ4n) is 3.05. The highest BCUT2D eigenvalue weighted by molar-refractivity contribution is 5.51. The van der Waals surface area contributed by atoms with Crippen LogP contribution in [-0.4, -0.2) is 38.7 Å². The topological polar surface area (TPSA) is 78.7 Å². The second-order valence-electron chi connectivity index (χ2n) is 6.13. The molecule has 1 aliphatic rings. The molecule has 3 rings (SSSR count). The van der Waals surface area contributed by atoms with Crippen LogP contribution in [0.4, 0.5) is 0 Å². The minimum atomic E-state index is -0.220. The van der Waals surface area contributed by atoms with E-state index in [2.05, 4.69) is 21.8 Å². The van der Waals surface area contributed by atoms with Crippen LogP contribution in [0, 0.1) is 0 Å². The molecule has 0 amide bonds. The Morgan fingerprint density at radius 1 is 1.29 bits per heavy atom. The van der Waals surface area contributed by atoms with Gasteiger partial charge in [-0.05, 0) is 24.1 Å². The normalized spacial score (nSPS) is 14.4. The zero-order chi connectivity index (χ0) is 17.1. The Bertz CT molecular complexity index is 734. The summed E-state index contributed by atoms with van der Waals surface area (Å²) in [6.45, 7) is 4.48. The van der Waals surface area contributed by atoms with Crippen LogP contribution in [-0.2, 0) is 25.9 Å². The average Bonchev–Trinajstić information content (AvgIpc) is 2.58. The lowest BCUT2D eigenvalue weighted by molar-refractivity contribution is 0.241. The van der Waals surface area contributed by atoms with Crippen molar-refractivity contribution in [2.75, 3.05) is 13.7 Å². The molecule has 0 saturated heterocycles. The summed E-state index contributed by atoms with van der Waals surface area (Å²) in [5.74, 6) is 0.837. The first-order valence-corrected chi connectivity index (χ1v) is 8.25. The van der Waals surface area contributed by atoms with Crippen LogP contribution in [0.2, 0.25) is 0 Å². The molecule has 128 valence electrons. The van der Waals surface area contributed by atoms with Crippen LogP contribution in [0.3, 0.4) is 0 Å². The van der Waals surface area contributed by atoms with Gasteiger partial charge in [0.2, 0.25) is 5.75 Å². The summed E-state index contributed by atoms with van der Waals surface area (Å²) in [5.41, 5.74) is 3.21. The van der Waals surface area contributed by atoms with Crippen molar-refractivity contribution in [3.05, 3.63) is 41.0 Å². The number of benzene rings is 1. The predicted molar refractivity (Wildman–Crippen MR) is 90.2 cm³/mol. The molecule has 0 atom stereocenters. The molecule has 1 aromatic carbocycles. The Morgan fingerprint density at radius 2 is 2.12 bits per heavy atom. The van der Waals surface area contributed by atoms with Crippen LogP contribution in [0.25, 0.3) is 0 Å². The number of phenols is 2. The lowest BCUT2D eigenvalue weighted by Crippen LogP contribution is -2.31. The average molecular weight is 329 g/mol. The number of rotatable bonds is 5. The summed E-state index contributed by atoms with van der Waals surface area (Å²) < 4.78 is 5.10. The number of aromatic nitrogens is 2. The second kappa shape index (κ2) is 7.05. The van der Waals surface area contributed by atoms with E-state index in [0.717, 1.165) is 55.0 Å². The van der Waals surface area contributed by atoms with Crippen molar-refractivity contribution in [2.45, 2.75) is 39.3 Å². The van der Waals surface area contributed by atoms with Crippen molar-refractivity contribution in [2.24, 2.45) is 0 Å². The largest absolute Gasteiger partial charge is 0.504 e. The van der Waals surface area contributed by atoms with E-state index in [1.165, 1.54) is 7.11 Å². The van der Waals surface area contributed by atoms with E-state index in [4.69, 9.17) is 4.74 Å². The number of aromatic hydroxyl groups is 2. The van der Waals surface area contributed by atoms with Gasteiger partial charge in [-0.3, -0.25) is 4.90 Å². The van der Waals surface area contributed by atoms with Gasteiger partial charge in [-0.25, -0.2) is 9.97 Å². The van der Waals surface area contributed by atoms with E-state index in [1.54, 1.807) is 12.1 Å². The van der Waals surface area contributed by atoms with Crippen molar-refractivity contribution in [1.82, 2.24) is 14.9 Å². The van der Waals surface area contributed by atoms with Gasteiger partial charge >= 0.3 is 0 Å². The first kappa shape index (κ1) is 16.5. The van der Waals surface area contributed by atoms with E-state index < -0.39 is 0 Å². The molecule has 1 aliphatic heterocycles. The molecule has 0 radical (unpaired) electrons. The zero-order valence-corrected chi connectivity index (χ0v) is 14.1. The van der Waals surface area contributed by atoms with Crippen LogP contribution < -0.4 is 4.74 Å². The third-order valence-corrected chi connectivity index (χ3v) is 4.28. The Balaban J connectivity index is 1.73. The van der Waals surface area contributed by atoms with Gasteiger partial charge in [-0.2, -0.15) is 0 Å². The molecule has 0 saturated carbocycles. The molecule has 6 heteroatoms. The highest BCUT2D eigenvalue weighted by Crippen LogP contribution is 2.36. The number of fused-ring (bicyclic) bond motifs is 1. The van der Waals surface area contributed by atoms with Crippen LogP contribution in [0.5, 0.6) is 17.2 Å². The molecule has 6 nitrogen and oxygen atoms in total. The molecule has 0 unspecified atom stereocenters. The molecule has 1 aromatic heterocycles. The Labute approximate surface area is 141 Å². The smallest absolute Gasteiger partial charge is 0.200 e. The number of hydrogen-bond donors (Lipinski definition) is 2. The fourth-order valence-corrected chi connectivity index (χ4v) is 3.05. The third-order valence-electron chi connectivity index (χ3n) is 4.28. The number of hydrogen-bond acceptors (Lipinski definition) is 6. The standard InChI is InChI=1S/C18H23N3O3/c1-3-4-17-19-9-13-11-21(6-5-14(13)20-17)10-12-7-15(22)18(23)16(8-12)24-2/h7-9,22-23H,3-6,10-11H2,1-2H3. The quantitative estimate of drug-likeness (QED) is 0.820. The monoisotopic (exact) mass is 329 g/mol. The van der Waals surface area contributed by atoms with E-state index in [9.17, 15) is 10.2 Å². The molecule has 0 aliphatic carbocycles. The van der Waals surface area contributed by atoms with Gasteiger partial charge < -0.3 is 14.9 Å². The maximum atomic E-state index is 9.81. The van der Waals surface area contributed by atoms with E-state index in [-0.39, 0.29) is 17.2 Å². The van der Waals surface area contributed by atoms with Crippen LogP contribution in [0.1, 0.15) is 36.0 Å².